The molecule has 0 saturated carbocycles. The van der Waals surface area contributed by atoms with Crippen LogP contribution in [0.4, 0.5) is 14.5 Å². The molecule has 0 aliphatic heterocycles. The number of thioether (sulfide) groups is 1. The molecule has 1 aromatic carbocycles. The first-order valence-electron chi connectivity index (χ1n) is 6.48. The number of hydrogen-bond acceptors (Lipinski definition) is 4. The topological polar surface area (TPSA) is 55.4 Å². The van der Waals surface area contributed by atoms with E-state index in [4.69, 9.17) is 4.74 Å². The summed E-state index contributed by atoms with van der Waals surface area (Å²) in [7, 11) is 0. The van der Waals surface area contributed by atoms with Gasteiger partial charge in [-0.15, -0.1) is 11.8 Å². The first kappa shape index (κ1) is 17.4. The van der Waals surface area contributed by atoms with Crippen molar-refractivity contribution in [3.05, 3.63) is 23.8 Å². The molecule has 0 radical (unpaired) electrons. The molecule has 0 fully saturated rings. The summed E-state index contributed by atoms with van der Waals surface area (Å²) >= 11 is 0.946. The van der Waals surface area contributed by atoms with Crippen molar-refractivity contribution in [3.8, 4) is 0 Å². The average molecular weight is 317 g/mol. The Bertz CT molecular complexity index is 537. The second-order valence-electron chi connectivity index (χ2n) is 4.21. The summed E-state index contributed by atoms with van der Waals surface area (Å²) in [5.41, 5.74) is -0.120. The highest BCUT2D eigenvalue weighted by molar-refractivity contribution is 8.00. The molecule has 0 aliphatic carbocycles. The minimum atomic E-state index is -0.865. The van der Waals surface area contributed by atoms with E-state index >= 15 is 0 Å². The van der Waals surface area contributed by atoms with E-state index in [0.29, 0.717) is 12.5 Å². The summed E-state index contributed by atoms with van der Waals surface area (Å²) in [5.74, 6) is -2.56. The van der Waals surface area contributed by atoms with Crippen molar-refractivity contribution < 1.29 is 23.1 Å². The Labute approximate surface area is 126 Å². The Morgan fingerprint density at radius 2 is 1.95 bits per heavy atom. The van der Waals surface area contributed by atoms with Crippen LogP contribution in [0.15, 0.2) is 17.0 Å². The molecule has 116 valence electrons. The Balaban J connectivity index is 3.00. The molecule has 1 atom stereocenters. The van der Waals surface area contributed by atoms with Crippen LogP contribution in [0, 0.1) is 11.6 Å². The third-order valence-corrected chi connectivity index (χ3v) is 3.90. The molecule has 1 rings (SSSR count). The highest BCUT2D eigenvalue weighted by Gasteiger charge is 2.22. The van der Waals surface area contributed by atoms with Crippen molar-refractivity contribution in [3.63, 3.8) is 0 Å². The molecule has 1 N–H and O–H groups in total. The number of ether oxygens (including phenoxy) is 1. The van der Waals surface area contributed by atoms with Crippen LogP contribution in [0.5, 0.6) is 0 Å². The summed E-state index contributed by atoms with van der Waals surface area (Å²) in [6, 6.07) is 1.87. The van der Waals surface area contributed by atoms with E-state index in [1.54, 1.807) is 13.8 Å². The summed E-state index contributed by atoms with van der Waals surface area (Å²) < 4.78 is 32.2. The average Bonchev–Trinajstić information content (AvgIpc) is 2.40. The van der Waals surface area contributed by atoms with E-state index < -0.39 is 28.8 Å². The Morgan fingerprint density at radius 3 is 2.48 bits per heavy atom. The van der Waals surface area contributed by atoms with Crippen molar-refractivity contribution in [2.75, 3.05) is 11.9 Å². The second kappa shape index (κ2) is 7.97. The summed E-state index contributed by atoms with van der Waals surface area (Å²) in [4.78, 5) is 22.8. The molecule has 0 saturated heterocycles. The lowest BCUT2D eigenvalue weighted by molar-refractivity contribution is -0.142. The second-order valence-corrected chi connectivity index (χ2v) is 5.46. The van der Waals surface area contributed by atoms with Gasteiger partial charge in [0.2, 0.25) is 5.91 Å². The maximum atomic E-state index is 13.8. The predicted molar refractivity (Wildman–Crippen MR) is 77.2 cm³/mol. The van der Waals surface area contributed by atoms with Crippen molar-refractivity contribution in [2.24, 2.45) is 0 Å². The molecular formula is C14H17F2NO3S. The van der Waals surface area contributed by atoms with E-state index in [1.165, 1.54) is 13.0 Å². The van der Waals surface area contributed by atoms with Gasteiger partial charge in [0, 0.05) is 17.9 Å². The van der Waals surface area contributed by atoms with Crippen molar-refractivity contribution in [1.82, 2.24) is 0 Å². The minimum absolute atomic E-state index is 0.0834. The number of anilines is 1. The minimum Gasteiger partial charge on any atom is -0.465 e. The fourth-order valence-electron chi connectivity index (χ4n) is 1.59. The number of halogens is 2. The van der Waals surface area contributed by atoms with Gasteiger partial charge in [0.1, 0.15) is 16.9 Å². The molecule has 1 amide bonds. The van der Waals surface area contributed by atoms with E-state index in [2.05, 4.69) is 5.32 Å². The number of rotatable bonds is 6. The van der Waals surface area contributed by atoms with Crippen molar-refractivity contribution in [1.29, 1.82) is 0 Å². The van der Waals surface area contributed by atoms with Crippen LogP contribution in [-0.4, -0.2) is 23.7 Å². The predicted octanol–water partition coefficient (Wildman–Crippen LogP) is 3.36. The van der Waals surface area contributed by atoms with Crippen LogP contribution in [0.2, 0.25) is 0 Å². The highest BCUT2D eigenvalue weighted by atomic mass is 32.2. The highest BCUT2D eigenvalue weighted by Crippen LogP contribution is 2.32. The van der Waals surface area contributed by atoms with Crippen LogP contribution in [0.3, 0.4) is 0 Å². The summed E-state index contributed by atoms with van der Waals surface area (Å²) in [6.07, 6.45) is 0.440. The molecule has 21 heavy (non-hydrogen) atoms. The Kier molecular flexibility index (Phi) is 6.61. The third kappa shape index (κ3) is 5.00. The molecule has 7 heteroatoms. The number of carbonyl (C=O) groups is 2. The SMILES string of the molecule is CCOC(=O)C(CC)Sc1cc(NC(C)=O)c(F)cc1F. The smallest absolute Gasteiger partial charge is 0.319 e. The number of carbonyl (C=O) groups excluding carboxylic acids is 2. The third-order valence-electron chi connectivity index (χ3n) is 2.52. The lowest BCUT2D eigenvalue weighted by Gasteiger charge is -2.14. The Hall–Kier alpha value is -1.63. The fourth-order valence-corrected chi connectivity index (χ4v) is 2.59. The fraction of sp³-hybridized carbons (Fsp3) is 0.429. The maximum absolute atomic E-state index is 13.8. The van der Waals surface area contributed by atoms with E-state index in [9.17, 15) is 18.4 Å². The van der Waals surface area contributed by atoms with Gasteiger partial charge in [0.15, 0.2) is 0 Å². The van der Waals surface area contributed by atoms with Crippen LogP contribution < -0.4 is 5.32 Å². The molecule has 0 heterocycles. The summed E-state index contributed by atoms with van der Waals surface area (Å²) in [6.45, 7) is 4.91. The van der Waals surface area contributed by atoms with Gasteiger partial charge in [-0.1, -0.05) is 6.92 Å². The standard InChI is InChI=1S/C14H17F2NO3S/c1-4-12(14(19)20-5-2)21-13-7-11(17-8(3)18)9(15)6-10(13)16/h6-7,12H,4-5H2,1-3H3,(H,17,18). The van der Waals surface area contributed by atoms with E-state index in [1.807, 2.05) is 0 Å². The van der Waals surface area contributed by atoms with Crippen LogP contribution in [0.25, 0.3) is 0 Å². The van der Waals surface area contributed by atoms with Gasteiger partial charge in [-0.2, -0.15) is 0 Å². The van der Waals surface area contributed by atoms with Crippen LogP contribution in [0.1, 0.15) is 27.2 Å². The van der Waals surface area contributed by atoms with Crippen LogP contribution in [-0.2, 0) is 14.3 Å². The lowest BCUT2D eigenvalue weighted by atomic mass is 10.3. The van der Waals surface area contributed by atoms with Gasteiger partial charge in [0.05, 0.1) is 12.3 Å². The largest absolute Gasteiger partial charge is 0.465 e. The molecule has 0 spiro atoms. The first-order chi connectivity index (χ1) is 9.88. The van der Waals surface area contributed by atoms with Crippen molar-refractivity contribution >= 4 is 29.3 Å². The van der Waals surface area contributed by atoms with Crippen LogP contribution >= 0.6 is 11.8 Å². The zero-order chi connectivity index (χ0) is 16.0. The molecule has 0 aliphatic rings. The van der Waals surface area contributed by atoms with Gasteiger partial charge in [-0.25, -0.2) is 8.78 Å². The molecule has 1 aromatic rings. The molecular weight excluding hydrogens is 300 g/mol. The molecule has 4 nitrogen and oxygen atoms in total. The van der Waals surface area contributed by atoms with Gasteiger partial charge in [0.25, 0.3) is 0 Å². The zero-order valence-corrected chi connectivity index (χ0v) is 12.9. The van der Waals surface area contributed by atoms with Crippen molar-refractivity contribution in [2.45, 2.75) is 37.3 Å². The number of esters is 1. The van der Waals surface area contributed by atoms with Gasteiger partial charge in [-0.3, -0.25) is 9.59 Å². The molecule has 1 unspecified atom stereocenters. The number of nitrogens with one attached hydrogen (secondary N) is 1. The van der Waals surface area contributed by atoms with Gasteiger partial charge < -0.3 is 10.1 Å². The van der Waals surface area contributed by atoms with E-state index in [-0.39, 0.29) is 17.2 Å². The van der Waals surface area contributed by atoms with Gasteiger partial charge >= 0.3 is 5.97 Å². The summed E-state index contributed by atoms with van der Waals surface area (Å²) in [5, 5.41) is 1.69. The first-order valence-corrected chi connectivity index (χ1v) is 7.36. The maximum Gasteiger partial charge on any atom is 0.319 e. The van der Waals surface area contributed by atoms with E-state index in [0.717, 1.165) is 11.8 Å². The molecule has 0 bridgehead atoms. The number of amides is 1. The Morgan fingerprint density at radius 1 is 1.29 bits per heavy atom. The number of hydrogen-bond donors (Lipinski definition) is 1. The quantitative estimate of drug-likeness (QED) is 0.646. The normalized spacial score (nSPS) is 11.9. The lowest BCUT2D eigenvalue weighted by Crippen LogP contribution is -2.19. The molecule has 0 aromatic heterocycles. The van der Waals surface area contributed by atoms with Gasteiger partial charge in [-0.05, 0) is 19.4 Å². The number of benzene rings is 1. The monoisotopic (exact) mass is 317 g/mol. The zero-order valence-electron chi connectivity index (χ0n) is 12.0.